The average molecular weight is 296 g/mol. The van der Waals surface area contributed by atoms with E-state index in [0.717, 1.165) is 0 Å². The first-order chi connectivity index (χ1) is 9.52. The predicted octanol–water partition coefficient (Wildman–Crippen LogP) is 2.99. The molecule has 0 saturated carbocycles. The number of methoxy groups -OCH3 is 1. The summed E-state index contributed by atoms with van der Waals surface area (Å²) < 4.78 is 18.0. The molecule has 1 aromatic carbocycles. The topological polar surface area (TPSA) is 77.2 Å². The molecular formula is C13H11ClFN3O2. The van der Waals surface area contributed by atoms with Gasteiger partial charge in [0.15, 0.2) is 5.82 Å². The molecule has 0 unspecified atom stereocenters. The zero-order valence-corrected chi connectivity index (χ0v) is 11.2. The zero-order chi connectivity index (χ0) is 14.7. The number of rotatable bonds is 3. The molecule has 3 N–H and O–H groups in total. The van der Waals surface area contributed by atoms with E-state index in [-0.39, 0.29) is 22.1 Å². The highest BCUT2D eigenvalue weighted by molar-refractivity contribution is 6.30. The normalized spacial score (nSPS) is 10.2. The Balaban J connectivity index is 2.34. The molecule has 0 aliphatic rings. The fraction of sp³-hybridized carbons (Fsp3) is 0.0769. The van der Waals surface area contributed by atoms with Crippen molar-refractivity contribution < 1.29 is 13.9 Å². The summed E-state index contributed by atoms with van der Waals surface area (Å²) in [6, 6.07) is 5.61. The highest BCUT2D eigenvalue weighted by Crippen LogP contribution is 2.26. The van der Waals surface area contributed by atoms with Crippen LogP contribution in [0, 0.1) is 5.82 Å². The van der Waals surface area contributed by atoms with Crippen LogP contribution in [-0.4, -0.2) is 18.1 Å². The lowest BCUT2D eigenvalue weighted by atomic mass is 10.2. The summed E-state index contributed by atoms with van der Waals surface area (Å²) in [5, 5.41) is 2.83. The molecule has 0 aliphatic carbocycles. The Bertz CT molecular complexity index is 664. The summed E-state index contributed by atoms with van der Waals surface area (Å²) in [6.07, 6.45) is 1.40. The van der Waals surface area contributed by atoms with E-state index < -0.39 is 11.8 Å². The van der Waals surface area contributed by atoms with E-state index in [1.54, 1.807) is 6.07 Å². The van der Waals surface area contributed by atoms with Gasteiger partial charge in [-0.1, -0.05) is 11.6 Å². The van der Waals surface area contributed by atoms with E-state index in [4.69, 9.17) is 17.3 Å². The summed E-state index contributed by atoms with van der Waals surface area (Å²) in [4.78, 5) is 15.5. The Morgan fingerprint density at radius 2 is 2.20 bits per heavy atom. The highest BCUT2D eigenvalue weighted by atomic mass is 35.5. The van der Waals surface area contributed by atoms with Crippen molar-refractivity contribution >= 4 is 34.8 Å². The number of nitrogens with zero attached hydrogens (tertiary/aromatic N) is 1. The van der Waals surface area contributed by atoms with Crippen LogP contribution in [0.15, 0.2) is 30.5 Å². The van der Waals surface area contributed by atoms with Crippen molar-refractivity contribution in [2.45, 2.75) is 0 Å². The lowest BCUT2D eigenvalue weighted by molar-refractivity contribution is 0.0602. The van der Waals surface area contributed by atoms with Gasteiger partial charge in [-0.05, 0) is 24.3 Å². The van der Waals surface area contributed by atoms with Crippen molar-refractivity contribution in [3.63, 3.8) is 0 Å². The van der Waals surface area contributed by atoms with Crippen molar-refractivity contribution in [3.8, 4) is 0 Å². The van der Waals surface area contributed by atoms with Crippen LogP contribution < -0.4 is 11.1 Å². The van der Waals surface area contributed by atoms with E-state index in [1.165, 1.54) is 31.5 Å². The van der Waals surface area contributed by atoms with Gasteiger partial charge in [-0.15, -0.1) is 0 Å². The molecule has 5 nitrogen and oxygen atoms in total. The number of carbonyl (C=O) groups excluding carboxylic acids is 1. The number of ether oxygens (including phenoxy) is 1. The molecule has 104 valence electrons. The Kier molecular flexibility index (Phi) is 4.05. The molecule has 0 bridgehead atoms. The third kappa shape index (κ3) is 2.80. The Morgan fingerprint density at radius 1 is 1.45 bits per heavy atom. The van der Waals surface area contributed by atoms with Crippen molar-refractivity contribution in [2.75, 3.05) is 18.2 Å². The van der Waals surface area contributed by atoms with Gasteiger partial charge in [-0.3, -0.25) is 0 Å². The molecular weight excluding hydrogens is 285 g/mol. The minimum Gasteiger partial charge on any atom is -0.465 e. The number of aromatic nitrogens is 1. The minimum atomic E-state index is -0.574. The van der Waals surface area contributed by atoms with Crippen LogP contribution in [0.3, 0.4) is 0 Å². The third-order valence-electron chi connectivity index (χ3n) is 2.58. The molecule has 0 fully saturated rings. The van der Waals surface area contributed by atoms with Gasteiger partial charge in [0.05, 0.1) is 23.4 Å². The lowest BCUT2D eigenvalue weighted by Gasteiger charge is -2.11. The first-order valence-electron chi connectivity index (χ1n) is 5.57. The monoisotopic (exact) mass is 295 g/mol. The Morgan fingerprint density at radius 3 is 2.85 bits per heavy atom. The van der Waals surface area contributed by atoms with Crippen molar-refractivity contribution in [1.82, 2.24) is 4.98 Å². The molecule has 1 aromatic heterocycles. The van der Waals surface area contributed by atoms with Crippen LogP contribution in [0.25, 0.3) is 0 Å². The number of benzene rings is 1. The summed E-state index contributed by atoms with van der Waals surface area (Å²) in [5.41, 5.74) is 6.54. The summed E-state index contributed by atoms with van der Waals surface area (Å²) >= 11 is 5.60. The lowest BCUT2D eigenvalue weighted by Crippen LogP contribution is -2.09. The van der Waals surface area contributed by atoms with Gasteiger partial charge in [-0.25, -0.2) is 14.2 Å². The maximum absolute atomic E-state index is 13.3. The molecule has 0 radical (unpaired) electrons. The van der Waals surface area contributed by atoms with E-state index >= 15 is 0 Å². The van der Waals surface area contributed by atoms with Crippen molar-refractivity contribution in [2.24, 2.45) is 0 Å². The van der Waals surface area contributed by atoms with Crippen LogP contribution >= 0.6 is 11.6 Å². The number of nitrogens with one attached hydrogen (secondary N) is 1. The summed E-state index contributed by atoms with van der Waals surface area (Å²) in [6.45, 7) is 0. The number of esters is 1. The van der Waals surface area contributed by atoms with Gasteiger partial charge in [0.25, 0.3) is 0 Å². The largest absolute Gasteiger partial charge is 0.465 e. The third-order valence-corrected chi connectivity index (χ3v) is 2.88. The fourth-order valence-electron chi connectivity index (χ4n) is 1.57. The molecule has 0 saturated heterocycles. The number of anilines is 3. The number of hydrogen-bond acceptors (Lipinski definition) is 5. The molecule has 2 aromatic rings. The maximum Gasteiger partial charge on any atom is 0.340 e. The van der Waals surface area contributed by atoms with Gasteiger partial charge >= 0.3 is 5.97 Å². The maximum atomic E-state index is 13.3. The molecule has 2 rings (SSSR count). The van der Waals surface area contributed by atoms with Crippen molar-refractivity contribution in [1.29, 1.82) is 0 Å². The van der Waals surface area contributed by atoms with Crippen LogP contribution in [0.4, 0.5) is 21.6 Å². The second-order valence-electron chi connectivity index (χ2n) is 3.87. The Hall–Kier alpha value is -2.34. The van der Waals surface area contributed by atoms with E-state index in [9.17, 15) is 9.18 Å². The number of nitrogens with two attached hydrogens (primary N) is 1. The SMILES string of the molecule is COC(=O)c1ccnc(Nc2ccc(Cl)c(F)c2)c1N. The second-order valence-corrected chi connectivity index (χ2v) is 4.27. The fourth-order valence-corrected chi connectivity index (χ4v) is 1.69. The zero-order valence-electron chi connectivity index (χ0n) is 10.5. The quantitative estimate of drug-likeness (QED) is 0.851. The number of hydrogen-bond donors (Lipinski definition) is 2. The van der Waals surface area contributed by atoms with Gasteiger partial charge in [0, 0.05) is 11.9 Å². The minimum absolute atomic E-state index is 0.0137. The van der Waals surface area contributed by atoms with Gasteiger partial charge < -0.3 is 15.8 Å². The first kappa shape index (κ1) is 14.1. The molecule has 0 amide bonds. The number of nitrogen functional groups attached to an aromatic ring is 1. The van der Waals surface area contributed by atoms with Gasteiger partial charge in [0.1, 0.15) is 5.82 Å². The van der Waals surface area contributed by atoms with E-state index in [0.29, 0.717) is 5.69 Å². The standard InChI is InChI=1S/C13H11ClFN3O2/c1-20-13(19)8-4-5-17-12(11(8)16)18-7-2-3-9(14)10(15)6-7/h2-6H,16H2,1H3,(H,17,18). The molecule has 0 atom stereocenters. The predicted molar refractivity (Wildman–Crippen MR) is 74.7 cm³/mol. The van der Waals surface area contributed by atoms with Gasteiger partial charge in [0.2, 0.25) is 0 Å². The summed E-state index contributed by atoms with van der Waals surface area (Å²) in [7, 11) is 1.25. The number of halogens is 2. The molecule has 7 heteroatoms. The van der Waals surface area contributed by atoms with Crippen LogP contribution in [0.2, 0.25) is 5.02 Å². The Labute approximate surface area is 119 Å². The molecule has 20 heavy (non-hydrogen) atoms. The van der Waals surface area contributed by atoms with Crippen LogP contribution in [0.1, 0.15) is 10.4 Å². The number of carbonyl (C=O) groups is 1. The van der Waals surface area contributed by atoms with Crippen LogP contribution in [-0.2, 0) is 4.74 Å². The summed E-state index contributed by atoms with van der Waals surface area (Å²) in [5.74, 6) is -0.913. The van der Waals surface area contributed by atoms with E-state index in [1.807, 2.05) is 0 Å². The first-order valence-corrected chi connectivity index (χ1v) is 5.95. The molecule has 1 heterocycles. The smallest absolute Gasteiger partial charge is 0.340 e. The highest BCUT2D eigenvalue weighted by Gasteiger charge is 2.14. The van der Waals surface area contributed by atoms with Gasteiger partial charge in [-0.2, -0.15) is 0 Å². The second kappa shape index (κ2) is 5.75. The van der Waals surface area contributed by atoms with E-state index in [2.05, 4.69) is 15.0 Å². The number of pyridine rings is 1. The molecule has 0 aliphatic heterocycles. The average Bonchev–Trinajstić information content (AvgIpc) is 2.44. The van der Waals surface area contributed by atoms with Crippen molar-refractivity contribution in [3.05, 3.63) is 46.9 Å². The van der Waals surface area contributed by atoms with Crippen LogP contribution in [0.5, 0.6) is 0 Å². The molecule has 0 spiro atoms.